The van der Waals surface area contributed by atoms with E-state index in [-0.39, 0.29) is 13.3 Å². The second-order valence-corrected chi connectivity index (χ2v) is 6.40. The average molecular weight is 374 g/mol. The summed E-state index contributed by atoms with van der Waals surface area (Å²) in [5.41, 5.74) is 1.09. The molecule has 2 aromatic carbocycles. The highest BCUT2D eigenvalue weighted by Gasteiger charge is 2.18. The molecule has 136 valence electrons. The average Bonchev–Trinajstić information content (AvgIpc) is 3.13. The number of rotatable bonds is 5. The van der Waals surface area contributed by atoms with Gasteiger partial charge in [0.15, 0.2) is 11.5 Å². The van der Waals surface area contributed by atoms with Gasteiger partial charge in [-0.25, -0.2) is 0 Å². The maximum Gasteiger partial charge on any atom is 0.313 e. The summed E-state index contributed by atoms with van der Waals surface area (Å²) in [6.07, 6.45) is 1.07. The minimum absolute atomic E-state index is 0.0635. The van der Waals surface area contributed by atoms with Gasteiger partial charge >= 0.3 is 11.8 Å². The van der Waals surface area contributed by atoms with Crippen molar-refractivity contribution in [2.24, 2.45) is 0 Å². The molecule has 0 saturated carbocycles. The van der Waals surface area contributed by atoms with Gasteiger partial charge in [0.2, 0.25) is 6.79 Å². The number of carbonyl (C=O) groups excluding carboxylic acids is 2. The standard InChI is InChI=1S/C18H18N2O5S/c1-26-13-5-2-11(3-6-13)14(21)9-19-17(22)18(23)20-12-4-7-15-16(8-12)25-10-24-15/h2-8,14,21H,9-10H2,1H3,(H,19,22)(H,20,23)/t14-/m0/s1. The number of nitrogens with one attached hydrogen (secondary N) is 2. The maximum atomic E-state index is 12.0. The van der Waals surface area contributed by atoms with Gasteiger partial charge in [0.05, 0.1) is 6.10 Å². The molecule has 0 fully saturated rings. The van der Waals surface area contributed by atoms with E-state index >= 15 is 0 Å². The number of fused-ring (bicyclic) bond motifs is 1. The van der Waals surface area contributed by atoms with E-state index in [0.29, 0.717) is 22.7 Å². The van der Waals surface area contributed by atoms with Crippen LogP contribution in [0.4, 0.5) is 5.69 Å². The Labute approximate surface area is 154 Å². The van der Waals surface area contributed by atoms with E-state index < -0.39 is 17.9 Å². The van der Waals surface area contributed by atoms with Crippen LogP contribution in [-0.4, -0.2) is 36.5 Å². The molecule has 0 saturated heterocycles. The Hall–Kier alpha value is -2.71. The number of hydrogen-bond donors (Lipinski definition) is 3. The van der Waals surface area contributed by atoms with E-state index in [1.54, 1.807) is 42.1 Å². The third-order valence-electron chi connectivity index (χ3n) is 3.79. The van der Waals surface area contributed by atoms with Crippen molar-refractivity contribution in [2.45, 2.75) is 11.0 Å². The number of benzene rings is 2. The van der Waals surface area contributed by atoms with Crippen molar-refractivity contribution in [3.05, 3.63) is 48.0 Å². The highest BCUT2D eigenvalue weighted by molar-refractivity contribution is 7.98. The Morgan fingerprint density at radius 1 is 1.12 bits per heavy atom. The van der Waals surface area contributed by atoms with E-state index in [1.807, 2.05) is 18.4 Å². The van der Waals surface area contributed by atoms with Crippen molar-refractivity contribution < 1.29 is 24.2 Å². The number of ether oxygens (including phenoxy) is 2. The molecule has 0 spiro atoms. The summed E-state index contributed by atoms with van der Waals surface area (Å²) in [6, 6.07) is 12.2. The fourth-order valence-electron chi connectivity index (χ4n) is 2.38. The van der Waals surface area contributed by atoms with Gasteiger partial charge in [-0.3, -0.25) is 9.59 Å². The van der Waals surface area contributed by atoms with Gasteiger partial charge in [-0.1, -0.05) is 12.1 Å². The molecule has 2 aromatic rings. The molecule has 0 bridgehead atoms. The lowest BCUT2D eigenvalue weighted by Gasteiger charge is -2.13. The number of anilines is 1. The number of aliphatic hydroxyl groups excluding tert-OH is 1. The second kappa shape index (κ2) is 8.11. The van der Waals surface area contributed by atoms with Gasteiger partial charge in [-0.15, -0.1) is 11.8 Å². The van der Waals surface area contributed by atoms with Crippen LogP contribution in [0.25, 0.3) is 0 Å². The molecule has 1 aliphatic heterocycles. The van der Waals surface area contributed by atoms with E-state index in [0.717, 1.165) is 4.90 Å². The quantitative estimate of drug-likeness (QED) is 0.547. The van der Waals surface area contributed by atoms with Crippen LogP contribution in [0.15, 0.2) is 47.4 Å². The molecule has 3 N–H and O–H groups in total. The topological polar surface area (TPSA) is 96.9 Å². The summed E-state index contributed by atoms with van der Waals surface area (Å²) in [5.74, 6) is -0.563. The predicted octanol–water partition coefficient (Wildman–Crippen LogP) is 1.93. The van der Waals surface area contributed by atoms with Crippen LogP contribution in [0.1, 0.15) is 11.7 Å². The van der Waals surface area contributed by atoms with Crippen LogP contribution < -0.4 is 20.1 Å². The lowest BCUT2D eigenvalue weighted by atomic mass is 10.1. The molecule has 0 unspecified atom stereocenters. The van der Waals surface area contributed by atoms with Gasteiger partial charge in [0.1, 0.15) is 0 Å². The van der Waals surface area contributed by atoms with Crippen molar-refractivity contribution in [3.8, 4) is 11.5 Å². The lowest BCUT2D eigenvalue weighted by molar-refractivity contribution is -0.136. The highest BCUT2D eigenvalue weighted by Crippen LogP contribution is 2.34. The zero-order chi connectivity index (χ0) is 18.5. The van der Waals surface area contributed by atoms with E-state index in [1.165, 1.54) is 0 Å². The van der Waals surface area contributed by atoms with Gasteiger partial charge in [0, 0.05) is 23.2 Å². The minimum atomic E-state index is -0.895. The van der Waals surface area contributed by atoms with Gasteiger partial charge in [-0.05, 0) is 36.1 Å². The molecule has 1 aliphatic rings. The van der Waals surface area contributed by atoms with Crippen molar-refractivity contribution in [3.63, 3.8) is 0 Å². The number of carbonyl (C=O) groups is 2. The van der Waals surface area contributed by atoms with E-state index in [2.05, 4.69) is 10.6 Å². The predicted molar refractivity (Wildman–Crippen MR) is 97.4 cm³/mol. The number of hydrogen-bond acceptors (Lipinski definition) is 6. The third kappa shape index (κ3) is 4.27. The van der Waals surface area contributed by atoms with Crippen LogP contribution >= 0.6 is 11.8 Å². The van der Waals surface area contributed by atoms with E-state index in [4.69, 9.17) is 9.47 Å². The Kier molecular flexibility index (Phi) is 5.65. The van der Waals surface area contributed by atoms with Crippen molar-refractivity contribution in [2.75, 3.05) is 24.9 Å². The van der Waals surface area contributed by atoms with Gasteiger partial charge in [-0.2, -0.15) is 0 Å². The first-order valence-corrected chi connectivity index (χ1v) is 9.10. The van der Waals surface area contributed by atoms with E-state index in [9.17, 15) is 14.7 Å². The molecular formula is C18H18N2O5S. The minimum Gasteiger partial charge on any atom is -0.454 e. The zero-order valence-electron chi connectivity index (χ0n) is 14.0. The lowest BCUT2D eigenvalue weighted by Crippen LogP contribution is -2.37. The number of amides is 2. The normalized spacial score (nSPS) is 13.2. The third-order valence-corrected chi connectivity index (χ3v) is 4.54. The Bertz CT molecular complexity index is 810. The van der Waals surface area contributed by atoms with Gasteiger partial charge in [0.25, 0.3) is 0 Å². The molecule has 8 heteroatoms. The van der Waals surface area contributed by atoms with Crippen molar-refractivity contribution >= 4 is 29.3 Å². The highest BCUT2D eigenvalue weighted by atomic mass is 32.2. The van der Waals surface area contributed by atoms with Crippen molar-refractivity contribution in [1.29, 1.82) is 0 Å². The largest absolute Gasteiger partial charge is 0.454 e. The summed E-state index contributed by atoms with van der Waals surface area (Å²) >= 11 is 1.60. The summed E-state index contributed by atoms with van der Waals surface area (Å²) < 4.78 is 10.4. The first kappa shape index (κ1) is 18.1. The molecule has 0 aliphatic carbocycles. The smallest absolute Gasteiger partial charge is 0.313 e. The van der Waals surface area contributed by atoms with Crippen LogP contribution in [0, 0.1) is 0 Å². The fraction of sp³-hybridized carbons (Fsp3) is 0.222. The first-order chi connectivity index (χ1) is 12.6. The SMILES string of the molecule is CSc1ccc([C@@H](O)CNC(=O)C(=O)Nc2ccc3c(c2)OCO3)cc1. The Balaban J connectivity index is 1.51. The first-order valence-electron chi connectivity index (χ1n) is 7.87. The zero-order valence-corrected chi connectivity index (χ0v) is 14.8. The molecule has 1 atom stereocenters. The monoisotopic (exact) mass is 374 g/mol. The van der Waals surface area contributed by atoms with Crippen LogP contribution in [-0.2, 0) is 9.59 Å². The molecule has 0 aromatic heterocycles. The molecule has 3 rings (SSSR count). The Morgan fingerprint density at radius 2 is 1.85 bits per heavy atom. The molecular weight excluding hydrogens is 356 g/mol. The van der Waals surface area contributed by atoms with Crippen molar-refractivity contribution in [1.82, 2.24) is 5.32 Å². The fourth-order valence-corrected chi connectivity index (χ4v) is 2.78. The van der Waals surface area contributed by atoms with Crippen LogP contribution in [0.5, 0.6) is 11.5 Å². The summed E-state index contributed by atoms with van der Waals surface area (Å²) in [5, 5.41) is 15.0. The summed E-state index contributed by atoms with van der Waals surface area (Å²) in [7, 11) is 0. The number of thioether (sulfide) groups is 1. The number of aliphatic hydroxyl groups is 1. The molecule has 7 nitrogen and oxygen atoms in total. The molecule has 2 amide bonds. The van der Waals surface area contributed by atoms with Crippen LogP contribution in [0.2, 0.25) is 0 Å². The second-order valence-electron chi connectivity index (χ2n) is 5.52. The molecule has 1 heterocycles. The molecule has 26 heavy (non-hydrogen) atoms. The van der Waals surface area contributed by atoms with Gasteiger partial charge < -0.3 is 25.2 Å². The summed E-state index contributed by atoms with van der Waals surface area (Å²) in [6.45, 7) is 0.0645. The summed E-state index contributed by atoms with van der Waals surface area (Å²) in [4.78, 5) is 25.0. The molecule has 0 radical (unpaired) electrons. The maximum absolute atomic E-state index is 12.0. The Morgan fingerprint density at radius 3 is 2.58 bits per heavy atom. The van der Waals surface area contributed by atoms with Crippen LogP contribution in [0.3, 0.4) is 0 Å².